The van der Waals surface area contributed by atoms with Crippen molar-refractivity contribution in [2.45, 2.75) is 11.9 Å². The zero-order valence-electron chi connectivity index (χ0n) is 13.9. The summed E-state index contributed by atoms with van der Waals surface area (Å²) in [6.07, 6.45) is 3.33. The first-order chi connectivity index (χ1) is 12.5. The van der Waals surface area contributed by atoms with Gasteiger partial charge >= 0.3 is 0 Å². The highest BCUT2D eigenvalue weighted by molar-refractivity contribution is 7.98. The summed E-state index contributed by atoms with van der Waals surface area (Å²) in [6, 6.07) is 9.21. The third-order valence-corrected chi connectivity index (χ3v) is 4.22. The third-order valence-electron chi connectivity index (χ3n) is 3.53. The Hall–Kier alpha value is -3.20. The molecule has 1 amide bonds. The first-order valence-electron chi connectivity index (χ1n) is 7.52. The number of aromatic nitrogens is 2. The lowest BCUT2D eigenvalue weighted by Crippen LogP contribution is -2.17. The van der Waals surface area contributed by atoms with Crippen LogP contribution in [0.1, 0.15) is 16.1 Å². The Labute approximate surface area is 152 Å². The van der Waals surface area contributed by atoms with Crippen molar-refractivity contribution in [2.75, 3.05) is 11.6 Å². The molecule has 0 aliphatic rings. The highest BCUT2D eigenvalue weighted by Gasteiger charge is 2.20. The second-order valence-corrected chi connectivity index (χ2v) is 6.05. The molecule has 0 spiro atoms. The summed E-state index contributed by atoms with van der Waals surface area (Å²) >= 11 is 1.31. The number of rotatable bonds is 5. The van der Waals surface area contributed by atoms with Crippen LogP contribution in [0.15, 0.2) is 52.1 Å². The van der Waals surface area contributed by atoms with Gasteiger partial charge in [0.05, 0.1) is 22.4 Å². The number of carbonyl (C=O) groups excluding carboxylic acids is 1. The molecule has 0 radical (unpaired) electrons. The van der Waals surface area contributed by atoms with Gasteiger partial charge in [-0.25, -0.2) is 9.97 Å². The number of nitro groups is 1. The molecule has 1 N–H and O–H groups in total. The zero-order chi connectivity index (χ0) is 18.7. The Balaban J connectivity index is 1.94. The van der Waals surface area contributed by atoms with Gasteiger partial charge in [0.2, 0.25) is 0 Å². The number of nitrogens with zero attached hydrogens (tertiary/aromatic N) is 3. The predicted molar refractivity (Wildman–Crippen MR) is 97.3 cm³/mol. The van der Waals surface area contributed by atoms with E-state index in [1.807, 2.05) is 0 Å². The molecule has 0 atom stereocenters. The fourth-order valence-electron chi connectivity index (χ4n) is 2.36. The van der Waals surface area contributed by atoms with E-state index < -0.39 is 10.8 Å². The van der Waals surface area contributed by atoms with E-state index in [2.05, 4.69) is 15.3 Å². The number of thioether (sulfide) groups is 1. The van der Waals surface area contributed by atoms with Crippen molar-refractivity contribution in [3.8, 4) is 11.6 Å². The van der Waals surface area contributed by atoms with Gasteiger partial charge in [-0.1, -0.05) is 6.07 Å². The molecule has 0 fully saturated rings. The van der Waals surface area contributed by atoms with Gasteiger partial charge in [0.1, 0.15) is 5.03 Å². The van der Waals surface area contributed by atoms with E-state index in [0.717, 1.165) is 0 Å². The van der Waals surface area contributed by atoms with Crippen LogP contribution in [-0.4, -0.2) is 27.1 Å². The lowest BCUT2D eigenvalue weighted by atomic mass is 10.2. The quantitative estimate of drug-likeness (QED) is 0.313. The molecular weight excluding hydrogens is 356 g/mol. The van der Waals surface area contributed by atoms with Gasteiger partial charge in [-0.15, -0.1) is 11.8 Å². The van der Waals surface area contributed by atoms with Crippen LogP contribution in [0.2, 0.25) is 0 Å². The average Bonchev–Trinajstić information content (AvgIpc) is 3.15. The maximum atomic E-state index is 12.7. The molecule has 0 bridgehead atoms. The Bertz CT molecular complexity index is 973. The Morgan fingerprint density at radius 3 is 2.73 bits per heavy atom. The number of carbonyl (C=O) groups is 1. The molecule has 0 saturated heterocycles. The number of benzene rings is 1. The number of nitro benzene ring substituents is 1. The number of non-ortho nitro benzene ring substituents is 1. The molecule has 2 aromatic heterocycles. The van der Waals surface area contributed by atoms with Gasteiger partial charge in [-0.3, -0.25) is 14.9 Å². The summed E-state index contributed by atoms with van der Waals surface area (Å²) in [4.78, 5) is 31.8. The van der Waals surface area contributed by atoms with E-state index in [4.69, 9.17) is 4.42 Å². The zero-order valence-corrected chi connectivity index (χ0v) is 14.7. The van der Waals surface area contributed by atoms with E-state index in [-0.39, 0.29) is 5.69 Å². The van der Waals surface area contributed by atoms with Crippen molar-refractivity contribution in [2.24, 2.45) is 0 Å². The monoisotopic (exact) mass is 370 g/mol. The number of aryl methyl sites for hydroxylation is 1. The number of furan rings is 1. The molecule has 0 saturated carbocycles. The molecular formula is C17H14N4O4S. The highest BCUT2D eigenvalue weighted by atomic mass is 32.2. The van der Waals surface area contributed by atoms with E-state index in [1.165, 1.54) is 36.2 Å². The minimum atomic E-state index is -0.518. The fraction of sp³-hybridized carbons (Fsp3) is 0.118. The smallest absolute Gasteiger partial charge is 0.271 e. The van der Waals surface area contributed by atoms with Gasteiger partial charge in [0, 0.05) is 17.8 Å². The van der Waals surface area contributed by atoms with Gasteiger partial charge in [-0.05, 0) is 31.4 Å². The summed E-state index contributed by atoms with van der Waals surface area (Å²) in [7, 11) is 0. The first-order valence-corrected chi connectivity index (χ1v) is 8.74. The highest BCUT2D eigenvalue weighted by Crippen LogP contribution is 2.26. The maximum Gasteiger partial charge on any atom is 0.271 e. The van der Waals surface area contributed by atoms with Crippen molar-refractivity contribution in [3.05, 3.63) is 64.0 Å². The minimum Gasteiger partial charge on any atom is -0.461 e. The van der Waals surface area contributed by atoms with Crippen LogP contribution in [0, 0.1) is 17.0 Å². The molecule has 3 rings (SSSR count). The molecule has 8 nitrogen and oxygen atoms in total. The van der Waals surface area contributed by atoms with Crippen molar-refractivity contribution >= 4 is 29.0 Å². The molecule has 9 heteroatoms. The van der Waals surface area contributed by atoms with Gasteiger partial charge in [0.25, 0.3) is 11.6 Å². The van der Waals surface area contributed by atoms with Gasteiger partial charge in [-0.2, -0.15) is 0 Å². The topological polar surface area (TPSA) is 111 Å². The Kier molecular flexibility index (Phi) is 4.99. The molecule has 0 aliphatic carbocycles. The minimum absolute atomic E-state index is 0.103. The number of nitrogens with one attached hydrogen (secondary N) is 1. The summed E-state index contributed by atoms with van der Waals surface area (Å²) in [6.45, 7) is 1.70. The van der Waals surface area contributed by atoms with Crippen molar-refractivity contribution in [3.63, 3.8) is 0 Å². The van der Waals surface area contributed by atoms with Crippen LogP contribution >= 0.6 is 11.8 Å². The number of hydrogen-bond acceptors (Lipinski definition) is 7. The summed E-state index contributed by atoms with van der Waals surface area (Å²) in [5.41, 5.74) is 1.03. The Morgan fingerprint density at radius 1 is 1.27 bits per heavy atom. The normalized spacial score (nSPS) is 10.5. The third kappa shape index (κ3) is 3.57. The Morgan fingerprint density at radius 2 is 2.08 bits per heavy atom. The van der Waals surface area contributed by atoms with Crippen LogP contribution < -0.4 is 5.32 Å². The van der Waals surface area contributed by atoms with E-state index >= 15 is 0 Å². The van der Waals surface area contributed by atoms with Crippen LogP contribution in [0.25, 0.3) is 11.6 Å². The SMILES string of the molecule is CSc1nc(-c2ccco2)nc(C)c1C(=O)Nc1cccc([N+](=O)[O-])c1. The van der Waals surface area contributed by atoms with Crippen molar-refractivity contribution in [1.82, 2.24) is 9.97 Å². The summed E-state index contributed by atoms with van der Waals surface area (Å²) < 4.78 is 5.31. The molecule has 2 heterocycles. The molecule has 132 valence electrons. The summed E-state index contributed by atoms with van der Waals surface area (Å²) in [5.74, 6) is 0.469. The fourth-order valence-corrected chi connectivity index (χ4v) is 2.98. The van der Waals surface area contributed by atoms with E-state index in [1.54, 1.807) is 31.4 Å². The second-order valence-electron chi connectivity index (χ2n) is 5.26. The molecule has 3 aromatic rings. The first kappa shape index (κ1) is 17.6. The van der Waals surface area contributed by atoms with E-state index in [0.29, 0.717) is 33.6 Å². The molecule has 0 aliphatic heterocycles. The van der Waals surface area contributed by atoms with Crippen LogP contribution in [0.4, 0.5) is 11.4 Å². The van der Waals surface area contributed by atoms with Crippen LogP contribution in [0.3, 0.4) is 0 Å². The van der Waals surface area contributed by atoms with Crippen molar-refractivity contribution in [1.29, 1.82) is 0 Å². The van der Waals surface area contributed by atoms with Crippen LogP contribution in [0.5, 0.6) is 0 Å². The van der Waals surface area contributed by atoms with Crippen molar-refractivity contribution < 1.29 is 14.1 Å². The van der Waals surface area contributed by atoms with Gasteiger partial charge in [0.15, 0.2) is 11.6 Å². The lowest BCUT2D eigenvalue weighted by molar-refractivity contribution is -0.384. The second kappa shape index (κ2) is 7.36. The average molecular weight is 370 g/mol. The lowest BCUT2D eigenvalue weighted by Gasteiger charge is -2.11. The number of anilines is 1. The number of amides is 1. The predicted octanol–water partition coefficient (Wildman–Crippen LogP) is 3.93. The van der Waals surface area contributed by atoms with E-state index in [9.17, 15) is 14.9 Å². The molecule has 26 heavy (non-hydrogen) atoms. The van der Waals surface area contributed by atoms with Crippen LogP contribution in [-0.2, 0) is 0 Å². The largest absolute Gasteiger partial charge is 0.461 e. The number of hydrogen-bond donors (Lipinski definition) is 1. The summed E-state index contributed by atoms with van der Waals surface area (Å²) in [5, 5.41) is 14.0. The molecule has 1 aromatic carbocycles. The maximum absolute atomic E-state index is 12.7. The van der Waals surface area contributed by atoms with Gasteiger partial charge < -0.3 is 9.73 Å². The molecule has 0 unspecified atom stereocenters. The standard InChI is InChI=1S/C17H14N4O4S/c1-10-14(16(22)19-11-5-3-6-12(9-11)21(23)24)17(26-2)20-15(18-10)13-7-4-8-25-13/h3-9H,1-2H3,(H,19,22).